The minimum atomic E-state index is -0.0906. The zero-order valence-electron chi connectivity index (χ0n) is 10.4. The second kappa shape index (κ2) is 4.28. The molecule has 3 rings (SSSR count). The molecule has 96 valence electrons. The minimum Gasteiger partial charge on any atom is -0.370 e. The third kappa shape index (κ3) is 1.99. The van der Waals surface area contributed by atoms with Gasteiger partial charge in [-0.3, -0.25) is 0 Å². The lowest BCUT2D eigenvalue weighted by atomic mass is 10.0. The fourth-order valence-corrected chi connectivity index (χ4v) is 2.61. The van der Waals surface area contributed by atoms with Crippen LogP contribution in [0.15, 0.2) is 40.3 Å². The molecule has 0 amide bonds. The number of rotatable bonds is 1. The maximum absolute atomic E-state index is 5.69. The van der Waals surface area contributed by atoms with Crippen LogP contribution in [0.25, 0.3) is 10.8 Å². The molecule has 0 bridgehead atoms. The van der Waals surface area contributed by atoms with E-state index in [2.05, 4.69) is 28.2 Å². The quantitative estimate of drug-likeness (QED) is 0.524. The van der Waals surface area contributed by atoms with Gasteiger partial charge in [-0.2, -0.15) is 4.99 Å². The summed E-state index contributed by atoms with van der Waals surface area (Å²) < 4.78 is 0. The number of guanidine groups is 2. The molecule has 19 heavy (non-hydrogen) atoms. The van der Waals surface area contributed by atoms with Crippen molar-refractivity contribution in [2.24, 2.45) is 27.2 Å². The second-order valence-corrected chi connectivity index (χ2v) is 4.59. The summed E-state index contributed by atoms with van der Waals surface area (Å²) in [5, 5.41) is 2.39. The van der Waals surface area contributed by atoms with Gasteiger partial charge in [0.25, 0.3) is 0 Å². The Balaban J connectivity index is 2.19. The van der Waals surface area contributed by atoms with Crippen LogP contribution < -0.4 is 17.2 Å². The first kappa shape index (κ1) is 11.5. The Morgan fingerprint density at radius 2 is 1.68 bits per heavy atom. The van der Waals surface area contributed by atoms with Crippen molar-refractivity contribution in [2.75, 3.05) is 0 Å². The van der Waals surface area contributed by atoms with Gasteiger partial charge >= 0.3 is 0 Å². The van der Waals surface area contributed by atoms with E-state index >= 15 is 0 Å². The minimum absolute atomic E-state index is 0.0682. The van der Waals surface area contributed by atoms with Crippen molar-refractivity contribution in [3.8, 4) is 0 Å². The van der Waals surface area contributed by atoms with Gasteiger partial charge in [-0.05, 0) is 35.4 Å². The van der Waals surface area contributed by atoms with Gasteiger partial charge < -0.3 is 17.2 Å². The SMILES string of the molecule is NC(N)=NC(N)=Nc1ccc2c3c(cccc13)CC2. The van der Waals surface area contributed by atoms with Gasteiger partial charge in [0.2, 0.25) is 5.96 Å². The van der Waals surface area contributed by atoms with Crippen molar-refractivity contribution in [2.45, 2.75) is 12.8 Å². The molecule has 2 aromatic carbocycles. The van der Waals surface area contributed by atoms with E-state index in [-0.39, 0.29) is 11.9 Å². The van der Waals surface area contributed by atoms with Gasteiger partial charge in [-0.15, -0.1) is 0 Å². The largest absolute Gasteiger partial charge is 0.370 e. The van der Waals surface area contributed by atoms with E-state index in [0.29, 0.717) is 0 Å². The van der Waals surface area contributed by atoms with Crippen molar-refractivity contribution in [3.05, 3.63) is 41.5 Å². The van der Waals surface area contributed by atoms with Gasteiger partial charge in [-0.25, -0.2) is 4.99 Å². The fraction of sp³-hybridized carbons (Fsp3) is 0.143. The first-order valence-electron chi connectivity index (χ1n) is 6.12. The van der Waals surface area contributed by atoms with Gasteiger partial charge in [0.05, 0.1) is 5.69 Å². The average Bonchev–Trinajstić information content (AvgIpc) is 2.77. The van der Waals surface area contributed by atoms with Crippen LogP contribution in [0.4, 0.5) is 5.69 Å². The molecule has 0 radical (unpaired) electrons. The van der Waals surface area contributed by atoms with Crippen LogP contribution in [0, 0.1) is 0 Å². The van der Waals surface area contributed by atoms with Crippen LogP contribution >= 0.6 is 0 Å². The molecule has 0 unspecified atom stereocenters. The number of hydrogen-bond donors (Lipinski definition) is 3. The zero-order chi connectivity index (χ0) is 13.4. The molecule has 6 N–H and O–H groups in total. The fourth-order valence-electron chi connectivity index (χ4n) is 2.61. The maximum atomic E-state index is 5.69. The maximum Gasteiger partial charge on any atom is 0.223 e. The summed E-state index contributed by atoms with van der Waals surface area (Å²) in [6.45, 7) is 0. The van der Waals surface area contributed by atoms with Crippen LogP contribution in [0.3, 0.4) is 0 Å². The lowest BCUT2D eigenvalue weighted by molar-refractivity contribution is 1.02. The standard InChI is InChI=1S/C14H15N5/c15-13(16)19-14(17)18-11-7-6-9-5-4-8-2-1-3-10(11)12(8)9/h1-3,6-7H,4-5H2,(H6,15,16,17,18,19). The van der Waals surface area contributed by atoms with Crippen molar-refractivity contribution < 1.29 is 0 Å². The Hall–Kier alpha value is -2.56. The molecule has 0 spiro atoms. The highest BCUT2D eigenvalue weighted by Crippen LogP contribution is 2.36. The summed E-state index contributed by atoms with van der Waals surface area (Å²) in [4.78, 5) is 8.02. The van der Waals surface area contributed by atoms with Crippen LogP contribution in [0.2, 0.25) is 0 Å². The lowest BCUT2D eigenvalue weighted by Gasteiger charge is -2.05. The van der Waals surface area contributed by atoms with Crippen LogP contribution in [-0.4, -0.2) is 11.9 Å². The van der Waals surface area contributed by atoms with Crippen LogP contribution in [0.1, 0.15) is 11.1 Å². The third-order valence-corrected chi connectivity index (χ3v) is 3.33. The van der Waals surface area contributed by atoms with Crippen molar-refractivity contribution in [1.82, 2.24) is 0 Å². The van der Waals surface area contributed by atoms with Crippen LogP contribution in [-0.2, 0) is 12.8 Å². The molecule has 0 heterocycles. The molecule has 0 saturated heterocycles. The number of benzene rings is 2. The summed E-state index contributed by atoms with van der Waals surface area (Å²) in [5.41, 5.74) is 19.8. The Labute approximate surface area is 110 Å². The van der Waals surface area contributed by atoms with Gasteiger partial charge in [-0.1, -0.05) is 24.3 Å². The summed E-state index contributed by atoms with van der Waals surface area (Å²) in [7, 11) is 0. The highest BCUT2D eigenvalue weighted by molar-refractivity contribution is 6.01. The highest BCUT2D eigenvalue weighted by atomic mass is 15.1. The number of nitrogens with zero attached hydrogens (tertiary/aromatic N) is 2. The van der Waals surface area contributed by atoms with Gasteiger partial charge in [0.15, 0.2) is 5.96 Å². The molecular weight excluding hydrogens is 238 g/mol. The van der Waals surface area contributed by atoms with E-state index in [1.54, 1.807) is 0 Å². The van der Waals surface area contributed by atoms with E-state index in [1.807, 2.05) is 12.1 Å². The molecular formula is C14H15N5. The Morgan fingerprint density at radius 3 is 2.42 bits per heavy atom. The van der Waals surface area contributed by atoms with Gasteiger partial charge in [0, 0.05) is 5.39 Å². The zero-order valence-corrected chi connectivity index (χ0v) is 10.4. The van der Waals surface area contributed by atoms with Crippen molar-refractivity contribution in [3.63, 3.8) is 0 Å². The first-order chi connectivity index (χ1) is 9.15. The molecule has 0 aromatic heterocycles. The topological polar surface area (TPSA) is 103 Å². The summed E-state index contributed by atoms with van der Waals surface area (Å²) >= 11 is 0. The molecule has 5 heteroatoms. The third-order valence-electron chi connectivity index (χ3n) is 3.33. The Bertz CT molecular complexity index is 701. The molecule has 5 nitrogen and oxygen atoms in total. The van der Waals surface area contributed by atoms with Gasteiger partial charge in [0.1, 0.15) is 0 Å². The number of nitrogens with two attached hydrogens (primary N) is 3. The van der Waals surface area contributed by atoms with Crippen molar-refractivity contribution in [1.29, 1.82) is 0 Å². The summed E-state index contributed by atoms with van der Waals surface area (Å²) in [6, 6.07) is 10.3. The molecule has 2 aromatic rings. The van der Waals surface area contributed by atoms with E-state index in [4.69, 9.17) is 17.2 Å². The highest BCUT2D eigenvalue weighted by Gasteiger charge is 2.15. The number of hydrogen-bond acceptors (Lipinski definition) is 1. The number of aryl methyl sites for hydroxylation is 2. The predicted molar refractivity (Wildman–Crippen MR) is 78.4 cm³/mol. The number of aliphatic imine (C=N–C) groups is 2. The average molecular weight is 253 g/mol. The summed E-state index contributed by atoms with van der Waals surface area (Å²) in [6.07, 6.45) is 2.17. The normalized spacial score (nSPS) is 13.8. The van der Waals surface area contributed by atoms with E-state index < -0.39 is 0 Å². The molecule has 0 saturated carbocycles. The molecule has 0 fully saturated rings. The smallest absolute Gasteiger partial charge is 0.223 e. The molecule has 0 aliphatic heterocycles. The monoisotopic (exact) mass is 253 g/mol. The molecule has 0 atom stereocenters. The van der Waals surface area contributed by atoms with Crippen LogP contribution in [0.5, 0.6) is 0 Å². The Kier molecular flexibility index (Phi) is 2.59. The van der Waals surface area contributed by atoms with E-state index in [9.17, 15) is 0 Å². The first-order valence-corrected chi connectivity index (χ1v) is 6.12. The second-order valence-electron chi connectivity index (χ2n) is 4.59. The van der Waals surface area contributed by atoms with Crippen molar-refractivity contribution >= 4 is 28.4 Å². The van der Waals surface area contributed by atoms with E-state index in [1.165, 1.54) is 16.5 Å². The van der Waals surface area contributed by atoms with E-state index in [0.717, 1.165) is 23.9 Å². The molecule has 1 aliphatic rings. The Morgan fingerprint density at radius 1 is 0.947 bits per heavy atom. The summed E-state index contributed by atoms with van der Waals surface area (Å²) in [5.74, 6) is -0.0223. The molecule has 1 aliphatic carbocycles. The predicted octanol–water partition coefficient (Wildman–Crippen LogP) is 1.16. The lowest BCUT2D eigenvalue weighted by Crippen LogP contribution is -2.26.